The summed E-state index contributed by atoms with van der Waals surface area (Å²) in [5.74, 6) is -0.309. The van der Waals surface area contributed by atoms with E-state index in [0.717, 1.165) is 23.4 Å². The van der Waals surface area contributed by atoms with Crippen molar-refractivity contribution in [1.82, 2.24) is 15.1 Å². The van der Waals surface area contributed by atoms with Crippen LogP contribution in [0.3, 0.4) is 0 Å². The highest BCUT2D eigenvalue weighted by atomic mass is 35.5. The minimum absolute atomic E-state index is 0.122. The van der Waals surface area contributed by atoms with Gasteiger partial charge in [-0.1, -0.05) is 24.6 Å². The lowest BCUT2D eigenvalue weighted by Gasteiger charge is -2.18. The lowest BCUT2D eigenvalue weighted by molar-refractivity contribution is 0.545. The van der Waals surface area contributed by atoms with Gasteiger partial charge in [0.15, 0.2) is 0 Å². The molecule has 0 aliphatic rings. The molecule has 1 N–H and O–H groups in total. The molecule has 5 heteroatoms. The third-order valence-corrected chi connectivity index (χ3v) is 3.89. The Balaban J connectivity index is 2.28. The largest absolute Gasteiger partial charge is 0.310 e. The van der Waals surface area contributed by atoms with E-state index in [9.17, 15) is 4.39 Å². The first-order chi connectivity index (χ1) is 9.52. The van der Waals surface area contributed by atoms with Gasteiger partial charge in [-0.15, -0.1) is 0 Å². The SMILES string of the molecule is CCNC(Cc1ccc(F)cc1Cl)c1cnn(C)c1C. The van der Waals surface area contributed by atoms with Crippen LogP contribution in [-0.2, 0) is 13.5 Å². The van der Waals surface area contributed by atoms with Gasteiger partial charge in [-0.25, -0.2) is 4.39 Å². The van der Waals surface area contributed by atoms with Crippen LogP contribution in [0.15, 0.2) is 24.4 Å². The Labute approximate surface area is 123 Å². The van der Waals surface area contributed by atoms with Crippen molar-refractivity contribution in [2.24, 2.45) is 7.05 Å². The summed E-state index contributed by atoms with van der Waals surface area (Å²) in [5.41, 5.74) is 3.20. The normalized spacial score (nSPS) is 12.7. The predicted molar refractivity (Wildman–Crippen MR) is 79.5 cm³/mol. The zero-order chi connectivity index (χ0) is 14.7. The fourth-order valence-electron chi connectivity index (χ4n) is 2.30. The first-order valence-electron chi connectivity index (χ1n) is 6.68. The number of hydrogen-bond acceptors (Lipinski definition) is 2. The monoisotopic (exact) mass is 295 g/mol. The van der Waals surface area contributed by atoms with Gasteiger partial charge < -0.3 is 5.32 Å². The second-order valence-electron chi connectivity index (χ2n) is 4.86. The molecule has 1 aromatic carbocycles. The summed E-state index contributed by atoms with van der Waals surface area (Å²) in [7, 11) is 1.92. The molecule has 20 heavy (non-hydrogen) atoms. The van der Waals surface area contributed by atoms with E-state index in [1.165, 1.54) is 12.1 Å². The van der Waals surface area contributed by atoms with Crippen LogP contribution >= 0.6 is 11.6 Å². The summed E-state index contributed by atoms with van der Waals surface area (Å²) in [6.07, 6.45) is 2.58. The zero-order valence-electron chi connectivity index (χ0n) is 12.0. The Hall–Kier alpha value is -1.39. The molecule has 1 atom stereocenters. The summed E-state index contributed by atoms with van der Waals surface area (Å²) in [6, 6.07) is 4.67. The first kappa shape index (κ1) is 15.0. The smallest absolute Gasteiger partial charge is 0.124 e. The molecule has 2 rings (SSSR count). The molecule has 0 fully saturated rings. The highest BCUT2D eigenvalue weighted by molar-refractivity contribution is 6.31. The zero-order valence-corrected chi connectivity index (χ0v) is 12.7. The van der Waals surface area contributed by atoms with Crippen molar-refractivity contribution >= 4 is 11.6 Å². The lowest BCUT2D eigenvalue weighted by Crippen LogP contribution is -2.23. The number of aryl methyl sites for hydroxylation is 1. The Kier molecular flexibility index (Phi) is 4.78. The molecule has 0 bridgehead atoms. The summed E-state index contributed by atoms with van der Waals surface area (Å²) < 4.78 is 15.0. The van der Waals surface area contributed by atoms with Crippen LogP contribution in [0.2, 0.25) is 5.02 Å². The summed E-state index contributed by atoms with van der Waals surface area (Å²) in [6.45, 7) is 4.95. The second kappa shape index (κ2) is 6.37. The Morgan fingerprint density at radius 1 is 1.45 bits per heavy atom. The number of nitrogens with zero attached hydrogens (tertiary/aromatic N) is 2. The second-order valence-corrected chi connectivity index (χ2v) is 5.27. The van der Waals surface area contributed by atoms with Gasteiger partial charge in [-0.3, -0.25) is 4.68 Å². The molecule has 0 amide bonds. The van der Waals surface area contributed by atoms with E-state index < -0.39 is 0 Å². The van der Waals surface area contributed by atoms with Crippen LogP contribution in [0.5, 0.6) is 0 Å². The average Bonchev–Trinajstić information content (AvgIpc) is 2.73. The van der Waals surface area contributed by atoms with Gasteiger partial charge in [0.25, 0.3) is 0 Å². The fourth-order valence-corrected chi connectivity index (χ4v) is 2.55. The van der Waals surface area contributed by atoms with Gasteiger partial charge in [-0.05, 0) is 37.6 Å². The van der Waals surface area contributed by atoms with E-state index in [1.54, 1.807) is 6.07 Å². The molecule has 2 aromatic rings. The number of nitrogens with one attached hydrogen (secondary N) is 1. The van der Waals surface area contributed by atoms with Crippen LogP contribution in [0, 0.1) is 12.7 Å². The number of rotatable bonds is 5. The maximum absolute atomic E-state index is 13.1. The average molecular weight is 296 g/mol. The third kappa shape index (κ3) is 3.19. The molecule has 0 aliphatic heterocycles. The molecular weight excluding hydrogens is 277 g/mol. The number of benzene rings is 1. The molecule has 1 heterocycles. The van der Waals surface area contributed by atoms with E-state index >= 15 is 0 Å². The molecule has 0 aliphatic carbocycles. The van der Waals surface area contributed by atoms with Crippen molar-refractivity contribution in [2.45, 2.75) is 26.3 Å². The Bertz CT molecular complexity index is 595. The van der Waals surface area contributed by atoms with Gasteiger partial charge in [0, 0.05) is 29.4 Å². The Morgan fingerprint density at radius 3 is 2.75 bits per heavy atom. The minimum atomic E-state index is -0.309. The van der Waals surface area contributed by atoms with Crippen molar-refractivity contribution in [3.63, 3.8) is 0 Å². The van der Waals surface area contributed by atoms with Crippen molar-refractivity contribution in [3.05, 3.63) is 52.1 Å². The Morgan fingerprint density at radius 2 is 2.20 bits per heavy atom. The molecule has 0 saturated heterocycles. The van der Waals surface area contributed by atoms with Crippen LogP contribution < -0.4 is 5.32 Å². The maximum Gasteiger partial charge on any atom is 0.124 e. The van der Waals surface area contributed by atoms with Crippen LogP contribution in [0.1, 0.15) is 29.8 Å². The number of halogens is 2. The summed E-state index contributed by atoms with van der Waals surface area (Å²) in [5, 5.41) is 8.19. The molecular formula is C15H19ClFN3. The molecule has 3 nitrogen and oxygen atoms in total. The summed E-state index contributed by atoms with van der Waals surface area (Å²) in [4.78, 5) is 0. The van der Waals surface area contributed by atoms with Crippen molar-refractivity contribution < 1.29 is 4.39 Å². The molecule has 0 saturated carbocycles. The van der Waals surface area contributed by atoms with Gasteiger partial charge >= 0.3 is 0 Å². The maximum atomic E-state index is 13.1. The highest BCUT2D eigenvalue weighted by Crippen LogP contribution is 2.25. The number of hydrogen-bond donors (Lipinski definition) is 1. The van der Waals surface area contributed by atoms with Gasteiger partial charge in [0.05, 0.1) is 6.20 Å². The van der Waals surface area contributed by atoms with E-state index in [1.807, 2.05) is 24.9 Å². The molecule has 1 aromatic heterocycles. The quantitative estimate of drug-likeness (QED) is 0.916. The summed E-state index contributed by atoms with van der Waals surface area (Å²) >= 11 is 6.12. The van der Waals surface area contributed by atoms with Crippen molar-refractivity contribution in [1.29, 1.82) is 0 Å². The fraction of sp³-hybridized carbons (Fsp3) is 0.400. The predicted octanol–water partition coefficient (Wildman–Crippen LogP) is 3.41. The number of likely N-dealkylation sites (N-methyl/N-ethyl adjacent to an activating group) is 1. The van der Waals surface area contributed by atoms with Crippen molar-refractivity contribution in [2.75, 3.05) is 6.54 Å². The molecule has 0 spiro atoms. The van der Waals surface area contributed by atoms with Gasteiger partial charge in [0.1, 0.15) is 5.82 Å². The van der Waals surface area contributed by atoms with E-state index in [0.29, 0.717) is 11.4 Å². The molecule has 108 valence electrons. The topological polar surface area (TPSA) is 29.9 Å². The van der Waals surface area contributed by atoms with Gasteiger partial charge in [0.2, 0.25) is 0 Å². The highest BCUT2D eigenvalue weighted by Gasteiger charge is 2.17. The molecule has 0 radical (unpaired) electrons. The van der Waals surface area contributed by atoms with Crippen LogP contribution in [0.25, 0.3) is 0 Å². The standard InChI is InChI=1S/C15H19ClFN3/c1-4-18-15(13-9-19-20(3)10(13)2)7-11-5-6-12(17)8-14(11)16/h5-6,8-9,15,18H,4,7H2,1-3H3. The minimum Gasteiger partial charge on any atom is -0.310 e. The van der Waals surface area contributed by atoms with Crippen molar-refractivity contribution in [3.8, 4) is 0 Å². The van der Waals surface area contributed by atoms with E-state index in [2.05, 4.69) is 17.3 Å². The van der Waals surface area contributed by atoms with Crippen LogP contribution in [0.4, 0.5) is 4.39 Å². The number of aromatic nitrogens is 2. The lowest BCUT2D eigenvalue weighted by atomic mass is 9.99. The first-order valence-corrected chi connectivity index (χ1v) is 7.06. The van der Waals surface area contributed by atoms with E-state index in [-0.39, 0.29) is 11.9 Å². The molecule has 1 unspecified atom stereocenters. The van der Waals surface area contributed by atoms with Crippen LogP contribution in [-0.4, -0.2) is 16.3 Å². The third-order valence-electron chi connectivity index (χ3n) is 3.54. The van der Waals surface area contributed by atoms with E-state index in [4.69, 9.17) is 11.6 Å². The van der Waals surface area contributed by atoms with Gasteiger partial charge in [-0.2, -0.15) is 5.10 Å².